The molecule has 0 spiro atoms. The molecule has 0 atom stereocenters. The second kappa shape index (κ2) is 8.84. The number of aromatic nitrogens is 1. The number of hydrogen-bond donors (Lipinski definition) is 1. The van der Waals surface area contributed by atoms with Crippen LogP contribution in [0.5, 0.6) is 0 Å². The Bertz CT molecular complexity index is 456. The summed E-state index contributed by atoms with van der Waals surface area (Å²) >= 11 is 1.77. The van der Waals surface area contributed by atoms with E-state index in [9.17, 15) is 0 Å². The fourth-order valence-electron chi connectivity index (χ4n) is 2.04. The van der Waals surface area contributed by atoms with Crippen LogP contribution in [0.1, 0.15) is 11.1 Å². The van der Waals surface area contributed by atoms with Crippen molar-refractivity contribution in [3.05, 3.63) is 52.5 Å². The highest BCUT2D eigenvalue weighted by Gasteiger charge is 1.99. The number of nitrogens with zero attached hydrogens (tertiary/aromatic N) is 2. The van der Waals surface area contributed by atoms with Crippen molar-refractivity contribution in [1.82, 2.24) is 15.2 Å². The molecule has 1 N–H and O–H groups in total. The molecule has 0 aromatic carbocycles. The summed E-state index contributed by atoms with van der Waals surface area (Å²) in [6.45, 7) is 4.30. The van der Waals surface area contributed by atoms with E-state index in [-0.39, 0.29) is 0 Å². The van der Waals surface area contributed by atoms with Crippen LogP contribution in [0.4, 0.5) is 0 Å². The first-order chi connectivity index (χ1) is 9.84. The third-order valence-electron chi connectivity index (χ3n) is 3.37. The van der Waals surface area contributed by atoms with E-state index in [0.717, 1.165) is 39.0 Å². The normalized spacial score (nSPS) is 11.1. The molecular weight excluding hydrogens is 266 g/mol. The Morgan fingerprint density at radius 3 is 2.65 bits per heavy atom. The van der Waals surface area contributed by atoms with Gasteiger partial charge >= 0.3 is 0 Å². The molecule has 0 saturated carbocycles. The molecule has 0 unspecified atom stereocenters. The molecule has 0 amide bonds. The van der Waals surface area contributed by atoms with E-state index >= 15 is 0 Å². The van der Waals surface area contributed by atoms with Gasteiger partial charge in [0.25, 0.3) is 0 Å². The highest BCUT2D eigenvalue weighted by Crippen LogP contribution is 2.05. The molecule has 0 bridgehead atoms. The summed E-state index contributed by atoms with van der Waals surface area (Å²) in [6, 6.07) is 6.38. The molecule has 0 fully saturated rings. The summed E-state index contributed by atoms with van der Waals surface area (Å²) in [4.78, 5) is 6.41. The lowest BCUT2D eigenvalue weighted by Gasteiger charge is -2.16. The fraction of sp³-hybridized carbons (Fsp3) is 0.438. The summed E-state index contributed by atoms with van der Waals surface area (Å²) in [5.74, 6) is 0. The van der Waals surface area contributed by atoms with Crippen molar-refractivity contribution in [2.24, 2.45) is 0 Å². The fourth-order valence-corrected chi connectivity index (χ4v) is 2.75. The van der Waals surface area contributed by atoms with Crippen molar-refractivity contribution in [2.75, 3.05) is 33.2 Å². The molecule has 2 heterocycles. The van der Waals surface area contributed by atoms with Gasteiger partial charge in [0.2, 0.25) is 0 Å². The lowest BCUT2D eigenvalue weighted by molar-refractivity contribution is 0.336. The van der Waals surface area contributed by atoms with Gasteiger partial charge in [-0.3, -0.25) is 4.98 Å². The second-order valence-corrected chi connectivity index (χ2v) is 5.82. The molecule has 2 aromatic heterocycles. The van der Waals surface area contributed by atoms with E-state index in [1.165, 1.54) is 11.1 Å². The molecule has 0 aliphatic heterocycles. The van der Waals surface area contributed by atoms with Crippen molar-refractivity contribution < 1.29 is 0 Å². The van der Waals surface area contributed by atoms with E-state index in [1.807, 2.05) is 12.4 Å². The quantitative estimate of drug-likeness (QED) is 0.719. The van der Waals surface area contributed by atoms with Gasteiger partial charge in [-0.2, -0.15) is 11.3 Å². The first-order valence-electron chi connectivity index (χ1n) is 7.14. The topological polar surface area (TPSA) is 28.2 Å². The maximum absolute atomic E-state index is 4.04. The second-order valence-electron chi connectivity index (χ2n) is 5.04. The minimum absolute atomic E-state index is 1.05. The Hall–Kier alpha value is -1.23. The first-order valence-corrected chi connectivity index (χ1v) is 8.08. The lowest BCUT2D eigenvalue weighted by atomic mass is 10.2. The van der Waals surface area contributed by atoms with Crippen LogP contribution in [-0.2, 0) is 12.8 Å². The van der Waals surface area contributed by atoms with Gasteiger partial charge in [0.05, 0.1) is 0 Å². The van der Waals surface area contributed by atoms with E-state index in [2.05, 4.69) is 51.2 Å². The minimum Gasteiger partial charge on any atom is -0.315 e. The van der Waals surface area contributed by atoms with Gasteiger partial charge in [0.15, 0.2) is 0 Å². The van der Waals surface area contributed by atoms with E-state index in [4.69, 9.17) is 0 Å². The first kappa shape index (κ1) is 15.2. The summed E-state index contributed by atoms with van der Waals surface area (Å²) in [7, 11) is 2.18. The molecule has 0 radical (unpaired) electrons. The van der Waals surface area contributed by atoms with Crippen LogP contribution in [0.3, 0.4) is 0 Å². The zero-order valence-electron chi connectivity index (χ0n) is 12.1. The van der Waals surface area contributed by atoms with Crippen LogP contribution in [0, 0.1) is 0 Å². The van der Waals surface area contributed by atoms with Gasteiger partial charge in [-0.05, 0) is 66.5 Å². The average Bonchev–Trinajstić information content (AvgIpc) is 2.99. The van der Waals surface area contributed by atoms with Gasteiger partial charge in [-0.15, -0.1) is 0 Å². The summed E-state index contributed by atoms with van der Waals surface area (Å²) < 4.78 is 0. The number of likely N-dealkylation sites (N-methyl/N-ethyl adjacent to an activating group) is 1. The monoisotopic (exact) mass is 289 g/mol. The molecule has 3 nitrogen and oxygen atoms in total. The van der Waals surface area contributed by atoms with Gasteiger partial charge in [0.1, 0.15) is 0 Å². The van der Waals surface area contributed by atoms with Gasteiger partial charge in [-0.25, -0.2) is 0 Å². The number of hydrogen-bond acceptors (Lipinski definition) is 4. The van der Waals surface area contributed by atoms with Crippen molar-refractivity contribution in [3.63, 3.8) is 0 Å². The number of pyridine rings is 1. The summed E-state index contributed by atoms with van der Waals surface area (Å²) in [5, 5.41) is 7.87. The largest absolute Gasteiger partial charge is 0.315 e. The van der Waals surface area contributed by atoms with Crippen molar-refractivity contribution in [2.45, 2.75) is 12.8 Å². The smallest absolute Gasteiger partial charge is 0.0270 e. The van der Waals surface area contributed by atoms with Crippen LogP contribution in [0.15, 0.2) is 41.4 Å². The predicted octanol–water partition coefficient (Wildman–Crippen LogP) is 2.45. The van der Waals surface area contributed by atoms with Gasteiger partial charge < -0.3 is 10.2 Å². The van der Waals surface area contributed by atoms with Crippen molar-refractivity contribution >= 4 is 11.3 Å². The van der Waals surface area contributed by atoms with E-state index < -0.39 is 0 Å². The highest BCUT2D eigenvalue weighted by molar-refractivity contribution is 7.07. The van der Waals surface area contributed by atoms with Gasteiger partial charge in [0, 0.05) is 32.0 Å². The Morgan fingerprint density at radius 2 is 1.90 bits per heavy atom. The molecule has 0 aliphatic rings. The average molecular weight is 289 g/mol. The summed E-state index contributed by atoms with van der Waals surface area (Å²) in [6.07, 6.45) is 5.95. The third kappa shape index (κ3) is 5.82. The van der Waals surface area contributed by atoms with Crippen LogP contribution >= 0.6 is 11.3 Å². The van der Waals surface area contributed by atoms with Crippen molar-refractivity contribution in [1.29, 1.82) is 0 Å². The molecule has 108 valence electrons. The Balaban J connectivity index is 1.51. The Labute approximate surface area is 125 Å². The summed E-state index contributed by atoms with van der Waals surface area (Å²) in [5.41, 5.74) is 2.80. The third-order valence-corrected chi connectivity index (χ3v) is 4.10. The van der Waals surface area contributed by atoms with Crippen molar-refractivity contribution in [3.8, 4) is 0 Å². The Kier molecular flexibility index (Phi) is 6.71. The molecular formula is C16H23N3S. The molecule has 4 heteroatoms. The lowest BCUT2D eigenvalue weighted by Crippen LogP contribution is -2.31. The SMILES string of the molecule is CN(CCNCCc1ccsc1)CCc1ccncc1. The zero-order chi connectivity index (χ0) is 14.0. The maximum atomic E-state index is 4.04. The number of thiophene rings is 1. The van der Waals surface area contributed by atoms with Crippen LogP contribution in [0.25, 0.3) is 0 Å². The molecule has 2 aromatic rings. The number of nitrogens with one attached hydrogen (secondary N) is 1. The Morgan fingerprint density at radius 1 is 1.05 bits per heavy atom. The van der Waals surface area contributed by atoms with Crippen LogP contribution < -0.4 is 5.32 Å². The standard InChI is InChI=1S/C16H23N3S/c1-19(11-5-15-2-7-17-8-3-15)12-10-18-9-4-16-6-13-20-14-16/h2-3,6-8,13-14,18H,4-5,9-12H2,1H3. The van der Waals surface area contributed by atoms with E-state index in [0.29, 0.717) is 0 Å². The molecule has 2 rings (SSSR count). The zero-order valence-corrected chi connectivity index (χ0v) is 12.9. The van der Waals surface area contributed by atoms with Crippen LogP contribution in [0.2, 0.25) is 0 Å². The van der Waals surface area contributed by atoms with E-state index in [1.54, 1.807) is 11.3 Å². The highest BCUT2D eigenvalue weighted by atomic mass is 32.1. The minimum atomic E-state index is 1.05. The predicted molar refractivity (Wildman–Crippen MR) is 86.3 cm³/mol. The maximum Gasteiger partial charge on any atom is 0.0270 e. The number of rotatable bonds is 9. The van der Waals surface area contributed by atoms with Gasteiger partial charge in [-0.1, -0.05) is 0 Å². The molecule has 0 aliphatic carbocycles. The molecule has 0 saturated heterocycles. The molecule has 20 heavy (non-hydrogen) atoms. The van der Waals surface area contributed by atoms with Crippen LogP contribution in [-0.4, -0.2) is 43.1 Å².